The first-order chi connectivity index (χ1) is 15.7. The summed E-state index contributed by atoms with van der Waals surface area (Å²) in [6.45, 7) is 4.03. The van der Waals surface area contributed by atoms with E-state index in [0.717, 1.165) is 39.6 Å². The molecule has 2 heterocycles. The standard InChI is InChI=1S/C28H23N3O/c1-19-9-6-7-12-24(19)25-13-8-14-26(29-25)30-27-20(2)31-32-28(27)23-17-15-22(16-18-23)21-10-4-3-5-11-21/h3-18H,1-2H3,(H,29,30). The first kappa shape index (κ1) is 19.8. The third kappa shape index (κ3) is 3.91. The average Bonchev–Trinajstić information content (AvgIpc) is 3.20. The largest absolute Gasteiger partial charge is 0.354 e. The number of anilines is 2. The third-order valence-corrected chi connectivity index (χ3v) is 5.54. The number of aryl methyl sites for hydroxylation is 2. The zero-order chi connectivity index (χ0) is 21.9. The predicted molar refractivity (Wildman–Crippen MR) is 130 cm³/mol. The molecule has 0 aliphatic carbocycles. The van der Waals surface area contributed by atoms with Gasteiger partial charge in [-0.25, -0.2) is 4.98 Å². The third-order valence-electron chi connectivity index (χ3n) is 5.54. The fourth-order valence-electron chi connectivity index (χ4n) is 3.80. The highest BCUT2D eigenvalue weighted by Crippen LogP contribution is 2.34. The van der Waals surface area contributed by atoms with Crippen LogP contribution in [0.2, 0.25) is 0 Å². The van der Waals surface area contributed by atoms with Crippen LogP contribution in [0.1, 0.15) is 11.3 Å². The SMILES string of the molecule is Cc1ccccc1-c1cccc(Nc2c(C)noc2-c2ccc(-c3ccccc3)cc2)n1. The summed E-state index contributed by atoms with van der Waals surface area (Å²) in [5.74, 6) is 1.45. The van der Waals surface area contributed by atoms with Crippen LogP contribution in [0.3, 0.4) is 0 Å². The van der Waals surface area contributed by atoms with Gasteiger partial charge in [-0.15, -0.1) is 0 Å². The molecule has 4 nitrogen and oxygen atoms in total. The number of pyridine rings is 1. The molecule has 0 amide bonds. The highest BCUT2D eigenvalue weighted by molar-refractivity contribution is 5.79. The van der Waals surface area contributed by atoms with Crippen molar-refractivity contribution in [2.24, 2.45) is 0 Å². The van der Waals surface area contributed by atoms with E-state index in [9.17, 15) is 0 Å². The molecule has 0 aliphatic rings. The highest BCUT2D eigenvalue weighted by Gasteiger charge is 2.16. The molecule has 0 unspecified atom stereocenters. The Morgan fingerprint density at radius 2 is 1.34 bits per heavy atom. The molecule has 0 bridgehead atoms. The normalized spacial score (nSPS) is 10.8. The van der Waals surface area contributed by atoms with Gasteiger partial charge in [-0.05, 0) is 42.7 Å². The van der Waals surface area contributed by atoms with Crippen LogP contribution in [0.5, 0.6) is 0 Å². The Hall–Kier alpha value is -4.18. The van der Waals surface area contributed by atoms with Crippen LogP contribution in [0, 0.1) is 13.8 Å². The molecule has 5 aromatic rings. The monoisotopic (exact) mass is 417 g/mol. The van der Waals surface area contributed by atoms with Crippen molar-refractivity contribution in [3.05, 3.63) is 108 Å². The molecular formula is C28H23N3O. The van der Waals surface area contributed by atoms with Gasteiger partial charge in [0.1, 0.15) is 17.2 Å². The molecule has 0 saturated heterocycles. The molecule has 156 valence electrons. The summed E-state index contributed by atoms with van der Waals surface area (Å²) in [5.41, 5.74) is 8.16. The lowest BCUT2D eigenvalue weighted by Gasteiger charge is -2.10. The lowest BCUT2D eigenvalue weighted by atomic mass is 10.0. The van der Waals surface area contributed by atoms with E-state index >= 15 is 0 Å². The Balaban J connectivity index is 1.45. The maximum Gasteiger partial charge on any atom is 0.190 e. The number of benzene rings is 3. The smallest absolute Gasteiger partial charge is 0.190 e. The first-order valence-electron chi connectivity index (χ1n) is 10.6. The number of aromatic nitrogens is 2. The van der Waals surface area contributed by atoms with E-state index in [1.165, 1.54) is 11.1 Å². The number of rotatable bonds is 5. The van der Waals surface area contributed by atoms with E-state index in [2.05, 4.69) is 65.9 Å². The van der Waals surface area contributed by atoms with E-state index in [4.69, 9.17) is 9.51 Å². The van der Waals surface area contributed by atoms with Crippen molar-refractivity contribution < 1.29 is 4.52 Å². The van der Waals surface area contributed by atoms with Crippen LogP contribution in [-0.4, -0.2) is 10.1 Å². The number of hydrogen-bond donors (Lipinski definition) is 1. The molecule has 0 fully saturated rings. The van der Waals surface area contributed by atoms with Gasteiger partial charge >= 0.3 is 0 Å². The second kappa shape index (κ2) is 8.52. The van der Waals surface area contributed by atoms with Crippen molar-refractivity contribution in [3.8, 4) is 33.7 Å². The minimum absolute atomic E-state index is 0.699. The Bertz CT molecular complexity index is 1360. The predicted octanol–water partition coefficient (Wildman–Crippen LogP) is 7.43. The molecule has 32 heavy (non-hydrogen) atoms. The molecule has 0 radical (unpaired) electrons. The number of nitrogens with zero attached hydrogens (tertiary/aromatic N) is 2. The Kier molecular flexibility index (Phi) is 5.26. The molecule has 2 aromatic heterocycles. The second-order valence-electron chi connectivity index (χ2n) is 7.76. The van der Waals surface area contributed by atoms with E-state index in [1.807, 2.05) is 55.5 Å². The number of nitrogens with one attached hydrogen (secondary N) is 1. The minimum atomic E-state index is 0.699. The van der Waals surface area contributed by atoms with E-state index < -0.39 is 0 Å². The van der Waals surface area contributed by atoms with Crippen LogP contribution in [0.15, 0.2) is 102 Å². The summed E-state index contributed by atoms with van der Waals surface area (Å²) >= 11 is 0. The molecular weight excluding hydrogens is 394 g/mol. The van der Waals surface area contributed by atoms with Gasteiger partial charge in [0.2, 0.25) is 0 Å². The molecule has 0 atom stereocenters. The van der Waals surface area contributed by atoms with E-state index in [-0.39, 0.29) is 0 Å². The lowest BCUT2D eigenvalue weighted by molar-refractivity contribution is 0.427. The fraction of sp³-hybridized carbons (Fsp3) is 0.0714. The van der Waals surface area contributed by atoms with Gasteiger partial charge in [0.15, 0.2) is 5.76 Å². The molecule has 5 rings (SSSR count). The summed E-state index contributed by atoms with van der Waals surface area (Å²) < 4.78 is 5.69. The van der Waals surface area contributed by atoms with Gasteiger partial charge in [-0.1, -0.05) is 90.1 Å². The Morgan fingerprint density at radius 3 is 2.12 bits per heavy atom. The summed E-state index contributed by atoms with van der Waals surface area (Å²) in [5, 5.41) is 7.63. The van der Waals surface area contributed by atoms with Crippen molar-refractivity contribution in [2.45, 2.75) is 13.8 Å². The first-order valence-corrected chi connectivity index (χ1v) is 10.6. The van der Waals surface area contributed by atoms with E-state index in [0.29, 0.717) is 5.76 Å². The molecule has 1 N–H and O–H groups in total. The summed E-state index contributed by atoms with van der Waals surface area (Å²) in [6, 6.07) is 32.9. The van der Waals surface area contributed by atoms with Gasteiger partial charge in [0.05, 0.1) is 5.69 Å². The van der Waals surface area contributed by atoms with Crippen molar-refractivity contribution >= 4 is 11.5 Å². The van der Waals surface area contributed by atoms with Gasteiger partial charge in [0, 0.05) is 11.1 Å². The Labute approximate surface area is 187 Å². The summed E-state index contributed by atoms with van der Waals surface area (Å²) in [7, 11) is 0. The van der Waals surface area contributed by atoms with Crippen molar-refractivity contribution in [1.82, 2.24) is 10.1 Å². The molecule has 3 aromatic carbocycles. The van der Waals surface area contributed by atoms with Gasteiger partial charge in [0.25, 0.3) is 0 Å². The fourth-order valence-corrected chi connectivity index (χ4v) is 3.80. The maximum absolute atomic E-state index is 5.69. The lowest BCUT2D eigenvalue weighted by Crippen LogP contribution is -1.97. The summed E-state index contributed by atoms with van der Waals surface area (Å²) in [4.78, 5) is 4.83. The van der Waals surface area contributed by atoms with Gasteiger partial charge in [-0.2, -0.15) is 0 Å². The maximum atomic E-state index is 5.69. The number of hydrogen-bond acceptors (Lipinski definition) is 4. The van der Waals surface area contributed by atoms with Gasteiger partial charge < -0.3 is 9.84 Å². The van der Waals surface area contributed by atoms with Crippen LogP contribution in [0.4, 0.5) is 11.5 Å². The Morgan fingerprint density at radius 1 is 0.656 bits per heavy atom. The topological polar surface area (TPSA) is 51.0 Å². The van der Waals surface area contributed by atoms with Gasteiger partial charge in [-0.3, -0.25) is 0 Å². The van der Waals surface area contributed by atoms with Crippen LogP contribution < -0.4 is 5.32 Å². The highest BCUT2D eigenvalue weighted by atomic mass is 16.5. The second-order valence-corrected chi connectivity index (χ2v) is 7.76. The molecule has 0 aliphatic heterocycles. The quantitative estimate of drug-likeness (QED) is 0.323. The summed E-state index contributed by atoms with van der Waals surface area (Å²) in [6.07, 6.45) is 0. The molecule has 0 spiro atoms. The molecule has 4 heteroatoms. The van der Waals surface area contributed by atoms with Crippen molar-refractivity contribution in [2.75, 3.05) is 5.32 Å². The van der Waals surface area contributed by atoms with E-state index in [1.54, 1.807) is 0 Å². The van der Waals surface area contributed by atoms with Crippen molar-refractivity contribution in [1.29, 1.82) is 0 Å². The van der Waals surface area contributed by atoms with Crippen LogP contribution in [-0.2, 0) is 0 Å². The zero-order valence-electron chi connectivity index (χ0n) is 18.0. The minimum Gasteiger partial charge on any atom is -0.354 e. The average molecular weight is 418 g/mol. The van der Waals surface area contributed by atoms with Crippen LogP contribution >= 0.6 is 0 Å². The zero-order valence-corrected chi connectivity index (χ0v) is 18.0. The van der Waals surface area contributed by atoms with Crippen molar-refractivity contribution in [3.63, 3.8) is 0 Å². The molecule has 0 saturated carbocycles. The van der Waals surface area contributed by atoms with Crippen LogP contribution in [0.25, 0.3) is 33.7 Å².